The van der Waals surface area contributed by atoms with Crippen molar-refractivity contribution in [2.75, 3.05) is 4.90 Å². The van der Waals surface area contributed by atoms with Gasteiger partial charge in [-0.1, -0.05) is 70.0 Å². The number of amidine groups is 1. The van der Waals surface area contributed by atoms with Crippen LogP contribution in [0.3, 0.4) is 0 Å². The zero-order chi connectivity index (χ0) is 18.8. The maximum absolute atomic E-state index is 13.2. The van der Waals surface area contributed by atoms with Crippen molar-refractivity contribution in [3.05, 3.63) is 106 Å². The van der Waals surface area contributed by atoms with Crippen LogP contribution in [0, 0.1) is 6.92 Å². The number of aryl methyl sites for hydroxylation is 1. The third kappa shape index (κ3) is 3.62. The van der Waals surface area contributed by atoms with E-state index in [1.807, 2.05) is 91.9 Å². The van der Waals surface area contributed by atoms with Crippen LogP contribution in [0.25, 0.3) is 6.08 Å². The summed E-state index contributed by atoms with van der Waals surface area (Å²) in [6, 6.07) is 25.5. The molecule has 1 aliphatic rings. The Hall–Kier alpha value is -2.98. The normalized spacial score (nSPS) is 15.3. The molecule has 1 amide bonds. The predicted octanol–water partition coefficient (Wildman–Crippen LogP) is 5.59. The first-order valence-electron chi connectivity index (χ1n) is 8.64. The monoisotopic (exact) mass is 416 g/mol. The van der Waals surface area contributed by atoms with Crippen molar-refractivity contribution >= 4 is 39.4 Å². The minimum Gasteiger partial charge on any atom is -0.266 e. The van der Waals surface area contributed by atoms with Crippen LogP contribution < -0.4 is 4.90 Å². The Morgan fingerprint density at radius 3 is 2.37 bits per heavy atom. The largest absolute Gasteiger partial charge is 0.282 e. The number of nitrogens with zero attached hydrogens (tertiary/aromatic N) is 2. The molecule has 0 fully saturated rings. The summed E-state index contributed by atoms with van der Waals surface area (Å²) < 4.78 is 0.965. The highest BCUT2D eigenvalue weighted by Gasteiger charge is 2.32. The molecule has 0 N–H and O–H groups in total. The van der Waals surface area contributed by atoms with Gasteiger partial charge < -0.3 is 0 Å². The Balaban J connectivity index is 1.84. The van der Waals surface area contributed by atoms with Gasteiger partial charge in [0.15, 0.2) is 0 Å². The first kappa shape index (κ1) is 17.4. The second kappa shape index (κ2) is 7.33. The molecular formula is C23H17BrN2O. The van der Waals surface area contributed by atoms with E-state index in [9.17, 15) is 4.79 Å². The molecule has 0 bridgehead atoms. The summed E-state index contributed by atoms with van der Waals surface area (Å²) in [6.07, 6.45) is 1.83. The molecule has 3 nitrogen and oxygen atoms in total. The van der Waals surface area contributed by atoms with Crippen molar-refractivity contribution < 1.29 is 4.79 Å². The zero-order valence-electron chi connectivity index (χ0n) is 14.8. The number of carbonyl (C=O) groups is 1. The molecule has 132 valence electrons. The lowest BCUT2D eigenvalue weighted by molar-refractivity contribution is -0.113. The van der Waals surface area contributed by atoms with E-state index in [2.05, 4.69) is 15.9 Å². The maximum Gasteiger partial charge on any atom is 0.282 e. The molecule has 4 rings (SSSR count). The number of anilines is 1. The molecule has 0 radical (unpaired) electrons. The summed E-state index contributed by atoms with van der Waals surface area (Å²) >= 11 is 3.45. The summed E-state index contributed by atoms with van der Waals surface area (Å²) in [4.78, 5) is 19.6. The molecule has 4 heteroatoms. The number of halogens is 1. The van der Waals surface area contributed by atoms with Gasteiger partial charge in [0, 0.05) is 10.0 Å². The van der Waals surface area contributed by atoms with Gasteiger partial charge in [0.25, 0.3) is 5.91 Å². The molecular weight excluding hydrogens is 400 g/mol. The minimum atomic E-state index is -0.127. The lowest BCUT2D eigenvalue weighted by Gasteiger charge is -2.19. The smallest absolute Gasteiger partial charge is 0.266 e. The minimum absolute atomic E-state index is 0.127. The Kier molecular flexibility index (Phi) is 4.73. The number of benzene rings is 3. The van der Waals surface area contributed by atoms with Crippen molar-refractivity contribution in [1.29, 1.82) is 0 Å². The third-order valence-corrected chi connectivity index (χ3v) is 4.85. The number of aliphatic imine (C=N–C) groups is 1. The quantitative estimate of drug-likeness (QED) is 0.512. The van der Waals surface area contributed by atoms with Crippen LogP contribution in [0.2, 0.25) is 0 Å². The van der Waals surface area contributed by atoms with E-state index in [1.165, 1.54) is 0 Å². The molecule has 0 spiro atoms. The standard InChI is InChI=1S/C23H17BrN2O/c1-16-6-5-9-18(14-16)22-25-21(15-17-7-3-2-4-8-17)23(27)26(22)20-12-10-19(24)11-13-20/h2-15H,1H3/b21-15+. The second-order valence-electron chi connectivity index (χ2n) is 6.36. The fourth-order valence-electron chi connectivity index (χ4n) is 3.03. The summed E-state index contributed by atoms with van der Waals surface area (Å²) in [5, 5.41) is 0. The number of carbonyl (C=O) groups excluding carboxylic acids is 1. The molecule has 1 heterocycles. The Labute approximate surface area is 166 Å². The van der Waals surface area contributed by atoms with Crippen LogP contribution in [0.4, 0.5) is 5.69 Å². The van der Waals surface area contributed by atoms with Gasteiger partial charge in [-0.15, -0.1) is 0 Å². The Bertz CT molecular complexity index is 1050. The second-order valence-corrected chi connectivity index (χ2v) is 7.28. The average molecular weight is 417 g/mol. The van der Waals surface area contributed by atoms with E-state index in [4.69, 9.17) is 4.99 Å². The van der Waals surface area contributed by atoms with E-state index in [0.29, 0.717) is 11.5 Å². The highest BCUT2D eigenvalue weighted by molar-refractivity contribution is 9.10. The lowest BCUT2D eigenvalue weighted by atomic mass is 10.1. The summed E-state index contributed by atoms with van der Waals surface area (Å²) in [5.41, 5.74) is 4.22. The molecule has 0 saturated heterocycles. The first-order valence-corrected chi connectivity index (χ1v) is 9.43. The van der Waals surface area contributed by atoms with E-state index >= 15 is 0 Å². The average Bonchev–Trinajstić information content (AvgIpc) is 3.00. The lowest BCUT2D eigenvalue weighted by Crippen LogP contribution is -2.32. The molecule has 3 aromatic carbocycles. The van der Waals surface area contributed by atoms with Gasteiger partial charge in [0.05, 0.1) is 5.69 Å². The fraction of sp³-hybridized carbons (Fsp3) is 0.0435. The van der Waals surface area contributed by atoms with Gasteiger partial charge in [-0.05, 0) is 48.9 Å². The summed E-state index contributed by atoms with van der Waals surface area (Å²) in [6.45, 7) is 2.03. The molecule has 1 aliphatic heterocycles. The molecule has 0 atom stereocenters. The molecule has 0 saturated carbocycles. The topological polar surface area (TPSA) is 32.7 Å². The number of amides is 1. The highest BCUT2D eigenvalue weighted by Crippen LogP contribution is 2.29. The van der Waals surface area contributed by atoms with Crippen LogP contribution in [0.15, 0.2) is 94.0 Å². The Morgan fingerprint density at radius 2 is 1.67 bits per heavy atom. The van der Waals surface area contributed by atoms with Gasteiger partial charge in [0.1, 0.15) is 11.5 Å². The van der Waals surface area contributed by atoms with E-state index < -0.39 is 0 Å². The molecule has 0 aliphatic carbocycles. The van der Waals surface area contributed by atoms with Crippen LogP contribution in [0.1, 0.15) is 16.7 Å². The van der Waals surface area contributed by atoms with Crippen LogP contribution >= 0.6 is 15.9 Å². The van der Waals surface area contributed by atoms with Crippen molar-refractivity contribution in [2.24, 2.45) is 4.99 Å². The van der Waals surface area contributed by atoms with Gasteiger partial charge in [-0.3, -0.25) is 9.69 Å². The third-order valence-electron chi connectivity index (χ3n) is 4.32. The number of hydrogen-bond acceptors (Lipinski definition) is 2. The van der Waals surface area contributed by atoms with Crippen molar-refractivity contribution in [3.8, 4) is 0 Å². The van der Waals surface area contributed by atoms with Crippen LogP contribution in [-0.2, 0) is 4.79 Å². The fourth-order valence-corrected chi connectivity index (χ4v) is 3.30. The van der Waals surface area contributed by atoms with E-state index in [1.54, 1.807) is 4.90 Å². The van der Waals surface area contributed by atoms with Crippen molar-refractivity contribution in [2.45, 2.75) is 6.92 Å². The predicted molar refractivity (Wildman–Crippen MR) is 114 cm³/mol. The van der Waals surface area contributed by atoms with Crippen molar-refractivity contribution in [3.63, 3.8) is 0 Å². The summed E-state index contributed by atoms with van der Waals surface area (Å²) in [7, 11) is 0. The number of rotatable bonds is 3. The zero-order valence-corrected chi connectivity index (χ0v) is 16.3. The molecule has 27 heavy (non-hydrogen) atoms. The first-order chi connectivity index (χ1) is 13.1. The van der Waals surface area contributed by atoms with Gasteiger partial charge in [-0.25, -0.2) is 4.99 Å². The van der Waals surface area contributed by atoms with Crippen molar-refractivity contribution in [1.82, 2.24) is 0 Å². The molecule has 0 unspecified atom stereocenters. The summed E-state index contributed by atoms with van der Waals surface area (Å²) in [5.74, 6) is 0.519. The van der Waals surface area contributed by atoms with Gasteiger partial charge in [-0.2, -0.15) is 0 Å². The van der Waals surface area contributed by atoms with Crippen LogP contribution in [-0.4, -0.2) is 11.7 Å². The Morgan fingerprint density at radius 1 is 0.926 bits per heavy atom. The van der Waals surface area contributed by atoms with Crippen LogP contribution in [0.5, 0.6) is 0 Å². The molecule has 3 aromatic rings. The maximum atomic E-state index is 13.2. The molecule has 0 aromatic heterocycles. The number of hydrogen-bond donors (Lipinski definition) is 0. The van der Waals surface area contributed by atoms with E-state index in [0.717, 1.165) is 26.9 Å². The van der Waals surface area contributed by atoms with E-state index in [-0.39, 0.29) is 5.91 Å². The SMILES string of the molecule is Cc1cccc(C2=N/C(=C/c3ccccc3)C(=O)N2c2ccc(Br)cc2)c1. The highest BCUT2D eigenvalue weighted by atomic mass is 79.9. The van der Waals surface area contributed by atoms with Gasteiger partial charge in [0.2, 0.25) is 0 Å². The van der Waals surface area contributed by atoms with Gasteiger partial charge >= 0.3 is 0 Å².